The minimum absolute atomic E-state index is 0.217. The third-order valence-electron chi connectivity index (χ3n) is 3.60. The summed E-state index contributed by atoms with van der Waals surface area (Å²) in [4.78, 5) is 2.45. The molecule has 1 aromatic rings. The van der Waals surface area contributed by atoms with Crippen molar-refractivity contribution in [2.45, 2.75) is 32.4 Å². The van der Waals surface area contributed by atoms with Crippen LogP contribution in [0.25, 0.3) is 0 Å². The fourth-order valence-corrected chi connectivity index (χ4v) is 2.75. The van der Waals surface area contributed by atoms with Crippen LogP contribution in [0.3, 0.4) is 0 Å². The maximum Gasteiger partial charge on any atom is 0.141 e. The van der Waals surface area contributed by atoms with E-state index in [1.54, 1.807) is 6.07 Å². The van der Waals surface area contributed by atoms with Crippen molar-refractivity contribution in [3.63, 3.8) is 0 Å². The third kappa shape index (κ3) is 3.44. The molecule has 0 unspecified atom stereocenters. The van der Waals surface area contributed by atoms with E-state index in [1.165, 1.54) is 18.9 Å². The highest BCUT2D eigenvalue weighted by atomic mass is 35.5. The lowest BCUT2D eigenvalue weighted by Crippen LogP contribution is -2.42. The molecule has 1 fully saturated rings. The molecule has 0 amide bonds. The second-order valence-corrected chi connectivity index (χ2v) is 5.20. The fraction of sp³-hybridized carbons (Fsp3) is 0.571. The normalized spacial score (nSPS) is 17.3. The van der Waals surface area contributed by atoms with E-state index in [4.69, 9.17) is 11.6 Å². The molecule has 0 saturated carbocycles. The first kappa shape index (κ1) is 13.8. The van der Waals surface area contributed by atoms with E-state index in [1.807, 2.05) is 6.07 Å². The average Bonchev–Trinajstić information content (AvgIpc) is 2.41. The topological polar surface area (TPSA) is 15.3 Å². The van der Waals surface area contributed by atoms with Gasteiger partial charge in [-0.1, -0.05) is 24.6 Å². The number of hydrogen-bond donors (Lipinski definition) is 1. The van der Waals surface area contributed by atoms with Gasteiger partial charge in [0.05, 0.1) is 5.02 Å². The summed E-state index contributed by atoms with van der Waals surface area (Å²) >= 11 is 5.82. The molecule has 1 heterocycles. The van der Waals surface area contributed by atoms with Crippen molar-refractivity contribution < 1.29 is 4.39 Å². The number of rotatable bonds is 4. The monoisotopic (exact) mass is 270 g/mol. The molecule has 4 heteroatoms. The lowest BCUT2D eigenvalue weighted by Gasteiger charge is -2.34. The minimum Gasteiger partial charge on any atom is -0.317 e. The zero-order chi connectivity index (χ0) is 13.0. The van der Waals surface area contributed by atoms with Gasteiger partial charge in [0.2, 0.25) is 0 Å². The third-order valence-corrected chi connectivity index (χ3v) is 3.89. The molecule has 1 aliphatic heterocycles. The second-order valence-electron chi connectivity index (χ2n) is 4.79. The first-order chi connectivity index (χ1) is 8.70. The Morgan fingerprint density at radius 1 is 1.39 bits per heavy atom. The highest BCUT2D eigenvalue weighted by Gasteiger charge is 2.19. The predicted octanol–water partition coefficient (Wildman–Crippen LogP) is 3.05. The van der Waals surface area contributed by atoms with Crippen molar-refractivity contribution in [3.8, 4) is 0 Å². The van der Waals surface area contributed by atoms with Gasteiger partial charge in [-0.05, 0) is 50.2 Å². The average molecular weight is 271 g/mol. The largest absolute Gasteiger partial charge is 0.317 e. The molecule has 0 bridgehead atoms. The van der Waals surface area contributed by atoms with Gasteiger partial charge in [-0.15, -0.1) is 0 Å². The zero-order valence-corrected chi connectivity index (χ0v) is 11.5. The van der Waals surface area contributed by atoms with Crippen molar-refractivity contribution in [2.75, 3.05) is 19.6 Å². The van der Waals surface area contributed by atoms with Crippen molar-refractivity contribution >= 4 is 11.6 Å². The number of benzene rings is 1. The zero-order valence-electron chi connectivity index (χ0n) is 10.8. The standard InChI is InChI=1S/C14H20ClFN2/c1-2-18(12-5-7-17-8-6-12)10-11-3-4-14(16)13(15)9-11/h3-4,9,12,17H,2,5-8,10H2,1H3. The van der Waals surface area contributed by atoms with Crippen molar-refractivity contribution in [1.29, 1.82) is 0 Å². The molecule has 1 aliphatic rings. The number of nitrogens with one attached hydrogen (secondary N) is 1. The van der Waals surface area contributed by atoms with Crippen LogP contribution in [0.1, 0.15) is 25.3 Å². The summed E-state index contributed by atoms with van der Waals surface area (Å²) in [7, 11) is 0. The van der Waals surface area contributed by atoms with E-state index in [0.29, 0.717) is 6.04 Å². The molecule has 0 aliphatic carbocycles. The minimum atomic E-state index is -0.342. The van der Waals surface area contributed by atoms with E-state index in [2.05, 4.69) is 17.1 Å². The van der Waals surface area contributed by atoms with Gasteiger partial charge in [0, 0.05) is 12.6 Å². The molecule has 2 nitrogen and oxygen atoms in total. The van der Waals surface area contributed by atoms with Crippen LogP contribution in [0.2, 0.25) is 5.02 Å². The molecule has 0 aromatic heterocycles. The lowest BCUT2D eigenvalue weighted by atomic mass is 10.0. The van der Waals surface area contributed by atoms with E-state index < -0.39 is 0 Å². The van der Waals surface area contributed by atoms with Crippen LogP contribution in [-0.4, -0.2) is 30.6 Å². The molecule has 100 valence electrons. The van der Waals surface area contributed by atoms with Gasteiger partial charge in [-0.3, -0.25) is 4.90 Å². The van der Waals surface area contributed by atoms with E-state index in [-0.39, 0.29) is 10.8 Å². The Balaban J connectivity index is 2.02. The van der Waals surface area contributed by atoms with Crippen LogP contribution in [0.4, 0.5) is 4.39 Å². The van der Waals surface area contributed by atoms with E-state index in [9.17, 15) is 4.39 Å². The predicted molar refractivity (Wildman–Crippen MR) is 73.4 cm³/mol. The van der Waals surface area contributed by atoms with Crippen LogP contribution in [-0.2, 0) is 6.54 Å². The van der Waals surface area contributed by atoms with Crippen molar-refractivity contribution in [3.05, 3.63) is 34.6 Å². The molecule has 0 radical (unpaired) electrons. The number of hydrogen-bond acceptors (Lipinski definition) is 2. The summed E-state index contributed by atoms with van der Waals surface area (Å²) in [5.74, 6) is -0.342. The first-order valence-electron chi connectivity index (χ1n) is 6.59. The van der Waals surface area contributed by atoms with Gasteiger partial charge >= 0.3 is 0 Å². The Bertz CT molecular complexity index is 391. The molecule has 1 N–H and O–H groups in total. The van der Waals surface area contributed by atoms with Crippen molar-refractivity contribution in [1.82, 2.24) is 10.2 Å². The van der Waals surface area contributed by atoms with Crippen molar-refractivity contribution in [2.24, 2.45) is 0 Å². The van der Waals surface area contributed by atoms with E-state index >= 15 is 0 Å². The quantitative estimate of drug-likeness (QED) is 0.905. The molecule has 18 heavy (non-hydrogen) atoms. The number of piperidine rings is 1. The summed E-state index contributed by atoms with van der Waals surface area (Å²) in [6.07, 6.45) is 2.37. The van der Waals surface area contributed by atoms with E-state index in [0.717, 1.165) is 31.7 Å². The Hall–Kier alpha value is -0.640. The van der Waals surface area contributed by atoms with Crippen LogP contribution in [0.5, 0.6) is 0 Å². The van der Waals surface area contributed by atoms with Gasteiger partial charge in [0.1, 0.15) is 5.82 Å². The first-order valence-corrected chi connectivity index (χ1v) is 6.97. The second kappa shape index (κ2) is 6.50. The fourth-order valence-electron chi connectivity index (χ4n) is 2.54. The maximum atomic E-state index is 13.1. The molecular weight excluding hydrogens is 251 g/mol. The smallest absolute Gasteiger partial charge is 0.141 e. The highest BCUT2D eigenvalue weighted by Crippen LogP contribution is 2.20. The van der Waals surface area contributed by atoms with Gasteiger partial charge < -0.3 is 5.32 Å². The molecule has 1 aromatic carbocycles. The Kier molecular flexibility index (Phi) is 4.98. The van der Waals surface area contributed by atoms with Gasteiger partial charge in [-0.2, -0.15) is 0 Å². The molecule has 1 saturated heterocycles. The highest BCUT2D eigenvalue weighted by molar-refractivity contribution is 6.30. The van der Waals surface area contributed by atoms with Gasteiger partial charge in [0.15, 0.2) is 0 Å². The summed E-state index contributed by atoms with van der Waals surface area (Å²) < 4.78 is 13.1. The molecule has 0 atom stereocenters. The summed E-state index contributed by atoms with van der Waals surface area (Å²) in [5.41, 5.74) is 1.08. The van der Waals surface area contributed by atoms with Crippen LogP contribution >= 0.6 is 11.6 Å². The molecule has 0 spiro atoms. The Labute approximate surface area is 113 Å². The number of halogens is 2. The molecular formula is C14H20ClFN2. The number of nitrogens with zero attached hydrogens (tertiary/aromatic N) is 1. The summed E-state index contributed by atoms with van der Waals surface area (Å²) in [5, 5.41) is 3.59. The van der Waals surface area contributed by atoms with Gasteiger partial charge in [0.25, 0.3) is 0 Å². The van der Waals surface area contributed by atoms with Gasteiger partial charge in [-0.25, -0.2) is 4.39 Å². The van der Waals surface area contributed by atoms with Crippen LogP contribution in [0.15, 0.2) is 18.2 Å². The molecule has 2 rings (SSSR count). The summed E-state index contributed by atoms with van der Waals surface area (Å²) in [6.45, 7) is 6.21. The SMILES string of the molecule is CCN(Cc1ccc(F)c(Cl)c1)C1CCNCC1. The Morgan fingerprint density at radius 2 is 2.11 bits per heavy atom. The van der Waals surface area contributed by atoms with Crippen LogP contribution < -0.4 is 5.32 Å². The Morgan fingerprint density at radius 3 is 2.72 bits per heavy atom. The maximum absolute atomic E-state index is 13.1. The summed E-state index contributed by atoms with van der Waals surface area (Å²) in [6, 6.07) is 5.64. The lowest BCUT2D eigenvalue weighted by molar-refractivity contribution is 0.162. The van der Waals surface area contributed by atoms with Crippen LogP contribution in [0, 0.1) is 5.82 Å².